The molecule has 0 radical (unpaired) electrons. The van der Waals surface area contributed by atoms with Gasteiger partial charge in [0.1, 0.15) is 11.6 Å². The number of Topliss-reactive ketones (excluding diaryl/α,β-unsaturated/α-hetero) is 1. The summed E-state index contributed by atoms with van der Waals surface area (Å²) in [6.07, 6.45) is 1.66. The first-order valence-corrected chi connectivity index (χ1v) is 10.4. The molecule has 3 aromatic rings. The van der Waals surface area contributed by atoms with Crippen LogP contribution in [0.1, 0.15) is 48.3 Å². The topological polar surface area (TPSA) is 68.5 Å². The highest BCUT2D eigenvalue weighted by Gasteiger charge is 2.22. The number of aromatic nitrogens is 1. The number of ether oxygens (including phenoxy) is 1. The van der Waals surface area contributed by atoms with Gasteiger partial charge in [0.05, 0.1) is 35.9 Å². The molecule has 0 saturated carbocycles. The van der Waals surface area contributed by atoms with Crippen molar-refractivity contribution in [1.82, 2.24) is 4.57 Å². The van der Waals surface area contributed by atoms with Crippen molar-refractivity contribution in [2.75, 3.05) is 13.7 Å². The molecule has 0 aliphatic carbocycles. The lowest BCUT2D eigenvalue weighted by atomic mass is 9.98. The number of nitrogens with zero attached hydrogens (tertiary/aromatic N) is 1. The molecule has 0 aliphatic rings. The Morgan fingerprint density at radius 3 is 2.55 bits per heavy atom. The standard InChI is InChI=1S/C24H25ClFNO4/c1-13(2)21(12-28)27-11-18(14(3)29)24(30)17-9-16(22(31-4)10-20(17)27)8-15-6-5-7-19(25)23(15)26/h5-7,9-11,13,21,28H,8,12H2,1-4H3/t21-/m1/s1. The van der Waals surface area contributed by atoms with Crippen LogP contribution < -0.4 is 10.2 Å². The van der Waals surface area contributed by atoms with Crippen LogP contribution in [0.15, 0.2) is 41.3 Å². The molecule has 0 spiro atoms. The van der Waals surface area contributed by atoms with Crippen LogP contribution in [-0.2, 0) is 6.42 Å². The number of hydrogen-bond acceptors (Lipinski definition) is 4. The number of methoxy groups -OCH3 is 1. The Kier molecular flexibility index (Phi) is 6.82. The first-order chi connectivity index (χ1) is 14.7. The van der Waals surface area contributed by atoms with E-state index in [-0.39, 0.29) is 41.4 Å². The predicted molar refractivity (Wildman–Crippen MR) is 120 cm³/mol. The molecule has 0 saturated heterocycles. The van der Waals surface area contributed by atoms with Gasteiger partial charge in [-0.1, -0.05) is 37.6 Å². The quantitative estimate of drug-likeness (QED) is 0.531. The highest BCUT2D eigenvalue weighted by atomic mass is 35.5. The lowest BCUT2D eigenvalue weighted by molar-refractivity contribution is 0.101. The maximum atomic E-state index is 14.5. The Balaban J connectivity index is 2.32. The maximum Gasteiger partial charge on any atom is 0.200 e. The van der Waals surface area contributed by atoms with Crippen molar-refractivity contribution in [1.29, 1.82) is 0 Å². The summed E-state index contributed by atoms with van der Waals surface area (Å²) in [5, 5.41) is 10.3. The monoisotopic (exact) mass is 445 g/mol. The second-order valence-corrected chi connectivity index (χ2v) is 8.31. The number of ketones is 1. The zero-order chi connectivity index (χ0) is 22.9. The minimum Gasteiger partial charge on any atom is -0.496 e. The SMILES string of the molecule is COc1cc2c(cc1Cc1cccc(Cl)c1F)c(=O)c(C(C)=O)cn2[C@H](CO)C(C)C. The number of carbonyl (C=O) groups excluding carboxylic acids is 1. The Labute approximate surface area is 185 Å². The molecule has 3 rings (SSSR count). The number of pyridine rings is 1. The lowest BCUT2D eigenvalue weighted by Gasteiger charge is -2.25. The second-order valence-electron chi connectivity index (χ2n) is 7.90. The molecular formula is C24H25ClFNO4. The molecule has 31 heavy (non-hydrogen) atoms. The summed E-state index contributed by atoms with van der Waals surface area (Å²) in [7, 11) is 1.50. The normalized spacial score (nSPS) is 12.4. The zero-order valence-corrected chi connectivity index (χ0v) is 18.7. The highest BCUT2D eigenvalue weighted by Crippen LogP contribution is 2.31. The molecule has 0 unspecified atom stereocenters. The molecule has 1 N–H and O–H groups in total. The third kappa shape index (κ3) is 4.36. The Bertz CT molecular complexity index is 1200. The van der Waals surface area contributed by atoms with Crippen molar-refractivity contribution in [3.63, 3.8) is 0 Å². The van der Waals surface area contributed by atoms with Crippen molar-refractivity contribution in [2.24, 2.45) is 5.92 Å². The van der Waals surface area contributed by atoms with Crippen LogP contribution in [0.3, 0.4) is 0 Å². The number of rotatable bonds is 7. The van der Waals surface area contributed by atoms with Gasteiger partial charge in [0.2, 0.25) is 0 Å². The van der Waals surface area contributed by atoms with E-state index in [9.17, 15) is 19.1 Å². The lowest BCUT2D eigenvalue weighted by Crippen LogP contribution is -2.25. The summed E-state index contributed by atoms with van der Waals surface area (Å²) in [6, 6.07) is 7.73. The molecule has 164 valence electrons. The smallest absolute Gasteiger partial charge is 0.200 e. The first-order valence-electron chi connectivity index (χ1n) is 10.00. The predicted octanol–water partition coefficient (Wildman–Crippen LogP) is 4.79. The Hall–Kier alpha value is -2.70. The fourth-order valence-corrected chi connectivity index (χ4v) is 3.98. The summed E-state index contributed by atoms with van der Waals surface area (Å²) in [6.45, 7) is 5.07. The van der Waals surface area contributed by atoms with Crippen molar-refractivity contribution in [3.05, 3.63) is 74.3 Å². The van der Waals surface area contributed by atoms with E-state index in [0.29, 0.717) is 27.8 Å². The number of aliphatic hydroxyl groups is 1. The van der Waals surface area contributed by atoms with Gasteiger partial charge in [-0.05, 0) is 36.1 Å². The van der Waals surface area contributed by atoms with Gasteiger partial charge >= 0.3 is 0 Å². The number of fused-ring (bicyclic) bond motifs is 1. The summed E-state index contributed by atoms with van der Waals surface area (Å²) < 4.78 is 21.8. The van der Waals surface area contributed by atoms with Gasteiger partial charge in [-0.3, -0.25) is 9.59 Å². The van der Waals surface area contributed by atoms with Gasteiger partial charge in [-0.25, -0.2) is 4.39 Å². The van der Waals surface area contributed by atoms with E-state index >= 15 is 0 Å². The molecule has 7 heteroatoms. The van der Waals surface area contributed by atoms with E-state index in [4.69, 9.17) is 16.3 Å². The van der Waals surface area contributed by atoms with Gasteiger partial charge < -0.3 is 14.4 Å². The maximum absolute atomic E-state index is 14.5. The van der Waals surface area contributed by atoms with Crippen LogP contribution >= 0.6 is 11.6 Å². The Morgan fingerprint density at radius 2 is 1.97 bits per heavy atom. The van der Waals surface area contributed by atoms with Crippen molar-refractivity contribution in [2.45, 2.75) is 33.2 Å². The first kappa shape index (κ1) is 23.0. The van der Waals surface area contributed by atoms with Gasteiger partial charge in [0.15, 0.2) is 11.2 Å². The molecule has 0 bridgehead atoms. The fourth-order valence-electron chi connectivity index (χ4n) is 3.79. The van der Waals surface area contributed by atoms with Gasteiger partial charge in [-0.2, -0.15) is 0 Å². The minimum absolute atomic E-state index is 0.0150. The molecule has 0 fully saturated rings. The fraction of sp³-hybridized carbons (Fsp3) is 0.333. The van der Waals surface area contributed by atoms with Crippen LogP contribution in [0.5, 0.6) is 5.75 Å². The number of aliphatic hydroxyl groups excluding tert-OH is 1. The van der Waals surface area contributed by atoms with Crippen LogP contribution in [0.25, 0.3) is 10.9 Å². The van der Waals surface area contributed by atoms with Gasteiger partial charge in [-0.15, -0.1) is 0 Å². The highest BCUT2D eigenvalue weighted by molar-refractivity contribution is 6.30. The summed E-state index contributed by atoms with van der Waals surface area (Å²) in [5.74, 6) is -0.376. The zero-order valence-electron chi connectivity index (χ0n) is 17.9. The molecule has 0 aliphatic heterocycles. The van der Waals surface area contributed by atoms with Crippen molar-refractivity contribution < 1.29 is 19.0 Å². The average Bonchev–Trinajstić information content (AvgIpc) is 2.72. The van der Waals surface area contributed by atoms with Gasteiger partial charge in [0.25, 0.3) is 0 Å². The molecule has 2 aromatic carbocycles. The van der Waals surface area contributed by atoms with Crippen LogP contribution in [0, 0.1) is 11.7 Å². The summed E-state index contributed by atoms with van der Waals surface area (Å²) >= 11 is 5.91. The summed E-state index contributed by atoms with van der Waals surface area (Å²) in [5.41, 5.74) is 1.12. The van der Waals surface area contributed by atoms with Crippen molar-refractivity contribution >= 4 is 28.3 Å². The van der Waals surface area contributed by atoms with E-state index < -0.39 is 11.2 Å². The summed E-state index contributed by atoms with van der Waals surface area (Å²) in [4.78, 5) is 25.3. The second kappa shape index (κ2) is 9.20. The minimum atomic E-state index is -0.527. The largest absolute Gasteiger partial charge is 0.496 e. The van der Waals surface area contributed by atoms with E-state index in [1.165, 1.54) is 26.3 Å². The molecule has 1 heterocycles. The van der Waals surface area contributed by atoms with Crippen LogP contribution in [-0.4, -0.2) is 29.2 Å². The van der Waals surface area contributed by atoms with Crippen LogP contribution in [0.4, 0.5) is 4.39 Å². The van der Waals surface area contributed by atoms with Crippen LogP contribution in [0.2, 0.25) is 5.02 Å². The average molecular weight is 446 g/mol. The van der Waals surface area contributed by atoms with Crippen molar-refractivity contribution in [3.8, 4) is 5.75 Å². The number of benzene rings is 2. The molecule has 0 amide bonds. The number of hydrogen-bond donors (Lipinski definition) is 1. The van der Waals surface area contributed by atoms with E-state index in [1.54, 1.807) is 28.8 Å². The van der Waals surface area contributed by atoms with E-state index in [2.05, 4.69) is 0 Å². The van der Waals surface area contributed by atoms with Gasteiger partial charge in [0, 0.05) is 24.1 Å². The third-order valence-corrected chi connectivity index (χ3v) is 5.83. The Morgan fingerprint density at radius 1 is 1.26 bits per heavy atom. The molecule has 5 nitrogen and oxygen atoms in total. The number of carbonyl (C=O) groups is 1. The third-order valence-electron chi connectivity index (χ3n) is 5.54. The van der Waals surface area contributed by atoms with E-state index in [0.717, 1.165) is 0 Å². The molecular weight excluding hydrogens is 421 g/mol. The molecule has 1 aromatic heterocycles. The van der Waals surface area contributed by atoms with E-state index in [1.807, 2.05) is 13.8 Å². The number of halogens is 2. The molecule has 1 atom stereocenters.